The lowest BCUT2D eigenvalue weighted by Crippen LogP contribution is -2.17. The van der Waals surface area contributed by atoms with E-state index in [2.05, 4.69) is 244 Å². The molecular formula is C58H48N2. The molecule has 0 bridgehead atoms. The molecular weight excluding hydrogens is 725 g/mol. The molecule has 0 saturated carbocycles. The first-order valence-corrected chi connectivity index (χ1v) is 21.2. The van der Waals surface area contributed by atoms with Gasteiger partial charge in [0.25, 0.3) is 0 Å². The van der Waals surface area contributed by atoms with Crippen LogP contribution >= 0.6 is 0 Å². The highest BCUT2D eigenvalue weighted by Gasteiger charge is 2.27. The SMILES string of the molecule is CC(C)c1ccc(-c2ccccc2)cc1N(c1ccccc1)c1cc(N(c2ccccc2)c2cc(-c3ccccc3)ccc2C(C)C)c2ccc3cccc4ccc1c2c43. The van der Waals surface area contributed by atoms with Crippen molar-refractivity contribution in [2.75, 3.05) is 9.80 Å². The lowest BCUT2D eigenvalue weighted by Gasteiger charge is -2.34. The van der Waals surface area contributed by atoms with Crippen LogP contribution in [0.25, 0.3) is 54.6 Å². The molecule has 0 N–H and O–H groups in total. The zero-order chi connectivity index (χ0) is 40.7. The number of anilines is 6. The van der Waals surface area contributed by atoms with Crippen LogP contribution in [-0.4, -0.2) is 0 Å². The topological polar surface area (TPSA) is 6.48 Å². The molecule has 10 aromatic carbocycles. The van der Waals surface area contributed by atoms with Crippen molar-refractivity contribution in [1.29, 1.82) is 0 Å². The van der Waals surface area contributed by atoms with Gasteiger partial charge >= 0.3 is 0 Å². The minimum absolute atomic E-state index is 0.283. The average molecular weight is 773 g/mol. The van der Waals surface area contributed by atoms with Gasteiger partial charge in [-0.25, -0.2) is 0 Å². The van der Waals surface area contributed by atoms with Gasteiger partial charge in [0.15, 0.2) is 0 Å². The van der Waals surface area contributed by atoms with Gasteiger partial charge in [-0.2, -0.15) is 0 Å². The highest BCUT2D eigenvalue weighted by molar-refractivity contribution is 6.29. The van der Waals surface area contributed by atoms with Crippen LogP contribution < -0.4 is 9.80 Å². The third-order valence-corrected chi connectivity index (χ3v) is 12.1. The summed E-state index contributed by atoms with van der Waals surface area (Å²) in [5.74, 6) is 0.566. The van der Waals surface area contributed by atoms with Crippen LogP contribution in [0, 0.1) is 0 Å². The zero-order valence-corrected chi connectivity index (χ0v) is 34.7. The molecule has 0 saturated heterocycles. The summed E-state index contributed by atoms with van der Waals surface area (Å²) in [6.07, 6.45) is 0. The predicted molar refractivity (Wildman–Crippen MR) is 259 cm³/mol. The van der Waals surface area contributed by atoms with Crippen LogP contribution in [-0.2, 0) is 0 Å². The maximum atomic E-state index is 2.53. The maximum absolute atomic E-state index is 2.53. The summed E-state index contributed by atoms with van der Waals surface area (Å²) in [5.41, 5.74) is 14.3. The van der Waals surface area contributed by atoms with Crippen molar-refractivity contribution in [2.24, 2.45) is 0 Å². The van der Waals surface area contributed by atoms with Crippen molar-refractivity contribution in [2.45, 2.75) is 39.5 Å². The van der Waals surface area contributed by atoms with E-state index < -0.39 is 0 Å². The van der Waals surface area contributed by atoms with Crippen molar-refractivity contribution in [1.82, 2.24) is 0 Å². The van der Waals surface area contributed by atoms with Crippen LogP contribution in [0.3, 0.4) is 0 Å². The molecule has 0 amide bonds. The second-order valence-corrected chi connectivity index (χ2v) is 16.5. The van der Waals surface area contributed by atoms with Crippen LogP contribution in [0.15, 0.2) is 206 Å². The van der Waals surface area contributed by atoms with Crippen LogP contribution in [0.2, 0.25) is 0 Å². The molecule has 0 spiro atoms. The Morgan fingerprint density at radius 3 is 1.10 bits per heavy atom. The third-order valence-electron chi connectivity index (χ3n) is 12.1. The van der Waals surface area contributed by atoms with Gasteiger partial charge in [0.05, 0.1) is 22.7 Å². The van der Waals surface area contributed by atoms with E-state index in [4.69, 9.17) is 0 Å². The molecule has 2 heteroatoms. The maximum Gasteiger partial charge on any atom is 0.0561 e. The third kappa shape index (κ3) is 6.55. The number of benzene rings is 10. The fourth-order valence-electron chi connectivity index (χ4n) is 9.21. The molecule has 0 heterocycles. The molecule has 0 aliphatic heterocycles. The minimum atomic E-state index is 0.283. The number of para-hydroxylation sites is 2. The van der Waals surface area contributed by atoms with E-state index >= 15 is 0 Å². The van der Waals surface area contributed by atoms with E-state index in [1.807, 2.05) is 0 Å². The Balaban J connectivity index is 1.35. The van der Waals surface area contributed by atoms with E-state index in [9.17, 15) is 0 Å². The van der Waals surface area contributed by atoms with Gasteiger partial charge in [-0.3, -0.25) is 0 Å². The van der Waals surface area contributed by atoms with E-state index in [0.717, 1.165) is 22.7 Å². The Hall–Kier alpha value is -7.16. The molecule has 10 rings (SSSR count). The van der Waals surface area contributed by atoms with Gasteiger partial charge in [-0.15, -0.1) is 0 Å². The number of hydrogen-bond donors (Lipinski definition) is 0. The summed E-state index contributed by atoms with van der Waals surface area (Å²) in [5, 5.41) is 7.49. The molecule has 0 radical (unpaired) electrons. The van der Waals surface area contributed by atoms with Crippen molar-refractivity contribution in [3.8, 4) is 22.3 Å². The first-order valence-electron chi connectivity index (χ1n) is 21.2. The summed E-state index contributed by atoms with van der Waals surface area (Å²) in [7, 11) is 0. The molecule has 10 aromatic rings. The lowest BCUT2D eigenvalue weighted by molar-refractivity contribution is 0.864. The minimum Gasteiger partial charge on any atom is -0.309 e. The van der Waals surface area contributed by atoms with E-state index in [1.54, 1.807) is 0 Å². The van der Waals surface area contributed by atoms with Crippen molar-refractivity contribution < 1.29 is 0 Å². The Labute approximate surface area is 354 Å². The Kier molecular flexibility index (Phi) is 9.62. The first kappa shape index (κ1) is 37.1. The van der Waals surface area contributed by atoms with Gasteiger partial charge in [0.2, 0.25) is 0 Å². The lowest BCUT2D eigenvalue weighted by atomic mass is 9.90. The Morgan fingerprint density at radius 1 is 0.300 bits per heavy atom. The number of hydrogen-bond acceptors (Lipinski definition) is 2. The Bertz CT molecular complexity index is 2880. The second-order valence-electron chi connectivity index (χ2n) is 16.5. The van der Waals surface area contributed by atoms with Crippen LogP contribution in [0.1, 0.15) is 50.7 Å². The van der Waals surface area contributed by atoms with E-state index in [-0.39, 0.29) is 11.8 Å². The summed E-state index contributed by atoms with van der Waals surface area (Å²) < 4.78 is 0. The highest BCUT2D eigenvalue weighted by Crippen LogP contribution is 2.52. The molecule has 0 aliphatic carbocycles. The van der Waals surface area contributed by atoms with E-state index in [0.29, 0.717) is 0 Å². The van der Waals surface area contributed by atoms with Crippen LogP contribution in [0.5, 0.6) is 0 Å². The molecule has 0 unspecified atom stereocenters. The van der Waals surface area contributed by atoms with Gasteiger partial charge in [-0.05, 0) is 104 Å². The predicted octanol–water partition coefficient (Wildman–Crippen LogP) is 17.1. The van der Waals surface area contributed by atoms with Gasteiger partial charge in [0, 0.05) is 27.5 Å². The largest absolute Gasteiger partial charge is 0.309 e. The molecule has 0 fully saturated rings. The normalized spacial score (nSPS) is 11.6. The standard InChI is InChI=1S/C58H48N2/c1-39(2)49-32-30-45(41-18-9-5-10-19-41)36-53(49)59(47-24-13-7-14-25-47)55-38-56(52-35-29-44-23-17-22-43-28-34-51(55)58(52)57(43)44)60(48-26-15-8-16-27-48)54-37-46(31-33-50(54)40(3)4)42-20-11-6-12-21-42/h5-40H,1-4H3. The molecule has 0 atom stereocenters. The van der Waals surface area contributed by atoms with Crippen molar-refractivity contribution in [3.63, 3.8) is 0 Å². The summed E-state index contributed by atoms with van der Waals surface area (Å²) >= 11 is 0. The summed E-state index contributed by atoms with van der Waals surface area (Å²) in [4.78, 5) is 5.06. The Morgan fingerprint density at radius 2 is 0.700 bits per heavy atom. The summed E-state index contributed by atoms with van der Waals surface area (Å²) in [6.45, 7) is 9.24. The molecule has 0 aromatic heterocycles. The molecule has 0 aliphatic rings. The highest BCUT2D eigenvalue weighted by atomic mass is 15.2. The van der Waals surface area contributed by atoms with E-state index in [1.165, 1.54) is 77.1 Å². The van der Waals surface area contributed by atoms with Gasteiger partial charge in [-0.1, -0.05) is 191 Å². The molecule has 2 nitrogen and oxygen atoms in total. The fraction of sp³-hybridized carbons (Fsp3) is 0.103. The fourth-order valence-corrected chi connectivity index (χ4v) is 9.21. The molecule has 60 heavy (non-hydrogen) atoms. The van der Waals surface area contributed by atoms with Crippen molar-refractivity contribution in [3.05, 3.63) is 217 Å². The zero-order valence-electron chi connectivity index (χ0n) is 34.7. The van der Waals surface area contributed by atoms with Gasteiger partial charge < -0.3 is 9.80 Å². The quantitative estimate of drug-likeness (QED) is 0.128. The number of nitrogens with zero attached hydrogens (tertiary/aromatic N) is 2. The van der Waals surface area contributed by atoms with Crippen molar-refractivity contribution >= 4 is 66.4 Å². The monoisotopic (exact) mass is 772 g/mol. The number of rotatable bonds is 10. The molecule has 290 valence electrons. The first-order chi connectivity index (χ1) is 29.4. The smallest absolute Gasteiger partial charge is 0.0561 e. The van der Waals surface area contributed by atoms with Gasteiger partial charge in [0.1, 0.15) is 0 Å². The van der Waals surface area contributed by atoms with Crippen LogP contribution in [0.4, 0.5) is 34.1 Å². The second kappa shape index (κ2) is 15.5. The average Bonchev–Trinajstić information content (AvgIpc) is 3.30. The summed E-state index contributed by atoms with van der Waals surface area (Å²) in [6, 6.07) is 76.1.